The number of hydrogen-bond donors (Lipinski definition) is 0. The molecule has 0 radical (unpaired) electrons. The summed E-state index contributed by atoms with van der Waals surface area (Å²) in [5.74, 6) is 0.941. The van der Waals surface area contributed by atoms with Gasteiger partial charge in [-0.05, 0) is 50.6 Å². The first-order chi connectivity index (χ1) is 13.9. The van der Waals surface area contributed by atoms with Crippen molar-refractivity contribution in [3.63, 3.8) is 0 Å². The van der Waals surface area contributed by atoms with Crippen LogP contribution in [-0.4, -0.2) is 40.6 Å². The minimum Gasteiger partial charge on any atom is -0.486 e. The summed E-state index contributed by atoms with van der Waals surface area (Å²) in [7, 11) is 0. The van der Waals surface area contributed by atoms with Gasteiger partial charge >= 0.3 is 5.97 Å². The Hall–Kier alpha value is -3.35. The third-order valence-electron chi connectivity index (χ3n) is 4.56. The number of hydrogen-bond acceptors (Lipinski definition) is 6. The molecule has 0 atom stereocenters. The SMILES string of the molecule is C=C(C)COC(=O)c1cc(-c2ccc3c(c2)OCCO3)nc2c1cnn2C(C)C. The van der Waals surface area contributed by atoms with E-state index in [-0.39, 0.29) is 12.6 Å². The summed E-state index contributed by atoms with van der Waals surface area (Å²) in [6.45, 7) is 10.8. The van der Waals surface area contributed by atoms with E-state index in [2.05, 4.69) is 11.7 Å². The standard InChI is InChI=1S/C22H23N3O4/c1-13(2)12-29-22(26)16-10-18(24-21-17(16)11-23-25(21)14(3)4)15-5-6-19-20(9-15)28-8-7-27-19/h5-6,9-11,14H,1,7-8,12H2,2-4H3. The zero-order chi connectivity index (χ0) is 20.5. The van der Waals surface area contributed by atoms with Gasteiger partial charge in [0.25, 0.3) is 0 Å². The summed E-state index contributed by atoms with van der Waals surface area (Å²) in [6.07, 6.45) is 1.66. The van der Waals surface area contributed by atoms with Crippen molar-refractivity contribution in [3.8, 4) is 22.8 Å². The molecule has 0 spiro atoms. The predicted octanol–water partition coefficient (Wildman–Crippen LogP) is 4.18. The van der Waals surface area contributed by atoms with Crippen molar-refractivity contribution in [1.29, 1.82) is 0 Å². The molecule has 0 saturated carbocycles. The fourth-order valence-corrected chi connectivity index (χ4v) is 3.18. The van der Waals surface area contributed by atoms with E-state index >= 15 is 0 Å². The highest BCUT2D eigenvalue weighted by Crippen LogP contribution is 2.35. The lowest BCUT2D eigenvalue weighted by Crippen LogP contribution is -2.15. The molecule has 29 heavy (non-hydrogen) atoms. The van der Waals surface area contributed by atoms with Gasteiger partial charge in [-0.15, -0.1) is 0 Å². The second kappa shape index (κ2) is 7.58. The minimum atomic E-state index is -0.428. The van der Waals surface area contributed by atoms with Crippen molar-refractivity contribution >= 4 is 17.0 Å². The van der Waals surface area contributed by atoms with Crippen LogP contribution < -0.4 is 9.47 Å². The Labute approximate surface area is 168 Å². The zero-order valence-electron chi connectivity index (χ0n) is 16.8. The zero-order valence-corrected chi connectivity index (χ0v) is 16.8. The van der Waals surface area contributed by atoms with Crippen molar-refractivity contribution < 1.29 is 19.0 Å². The van der Waals surface area contributed by atoms with E-state index in [4.69, 9.17) is 19.2 Å². The Morgan fingerprint density at radius 1 is 1.24 bits per heavy atom. The number of aromatic nitrogens is 3. The number of carbonyl (C=O) groups is 1. The molecule has 0 saturated heterocycles. The van der Waals surface area contributed by atoms with Crippen LogP contribution in [0.1, 0.15) is 37.2 Å². The Morgan fingerprint density at radius 2 is 2.00 bits per heavy atom. The van der Waals surface area contributed by atoms with Crippen LogP contribution in [0.15, 0.2) is 42.6 Å². The number of pyridine rings is 1. The van der Waals surface area contributed by atoms with Gasteiger partial charge in [0.15, 0.2) is 17.1 Å². The normalized spacial score (nSPS) is 13.0. The largest absolute Gasteiger partial charge is 0.486 e. The Morgan fingerprint density at radius 3 is 2.72 bits per heavy atom. The van der Waals surface area contributed by atoms with Crippen molar-refractivity contribution in [2.24, 2.45) is 0 Å². The summed E-state index contributed by atoms with van der Waals surface area (Å²) in [5, 5.41) is 5.08. The second-order valence-electron chi connectivity index (χ2n) is 7.37. The van der Waals surface area contributed by atoms with Crippen molar-refractivity contribution in [2.75, 3.05) is 19.8 Å². The first-order valence-corrected chi connectivity index (χ1v) is 9.54. The van der Waals surface area contributed by atoms with Crippen LogP contribution in [-0.2, 0) is 4.74 Å². The van der Waals surface area contributed by atoms with E-state index in [0.717, 1.165) is 11.1 Å². The highest BCUT2D eigenvalue weighted by atomic mass is 16.6. The predicted molar refractivity (Wildman–Crippen MR) is 109 cm³/mol. The van der Waals surface area contributed by atoms with Crippen LogP contribution in [0.4, 0.5) is 0 Å². The summed E-state index contributed by atoms with van der Waals surface area (Å²) in [5.41, 5.74) is 3.29. The Kier molecular flexibility index (Phi) is 4.96. The smallest absolute Gasteiger partial charge is 0.339 e. The maximum Gasteiger partial charge on any atom is 0.339 e. The minimum absolute atomic E-state index is 0.0924. The molecule has 150 valence electrons. The molecule has 0 bridgehead atoms. The first kappa shape index (κ1) is 19.0. The molecular formula is C22H23N3O4. The molecule has 2 aromatic heterocycles. The molecule has 0 N–H and O–H groups in total. The van der Waals surface area contributed by atoms with Gasteiger partial charge in [0.1, 0.15) is 19.8 Å². The van der Waals surface area contributed by atoms with Crippen molar-refractivity contribution in [2.45, 2.75) is 26.8 Å². The number of rotatable bonds is 5. The molecule has 7 nitrogen and oxygen atoms in total. The van der Waals surface area contributed by atoms with Gasteiger partial charge in [0.2, 0.25) is 0 Å². The number of carbonyl (C=O) groups excluding carboxylic acids is 1. The molecule has 1 aromatic carbocycles. The number of benzene rings is 1. The average molecular weight is 393 g/mol. The molecule has 3 aromatic rings. The van der Waals surface area contributed by atoms with Crippen LogP contribution >= 0.6 is 0 Å². The van der Waals surface area contributed by atoms with Gasteiger partial charge < -0.3 is 14.2 Å². The molecule has 1 aliphatic rings. The van der Waals surface area contributed by atoms with Gasteiger partial charge in [-0.25, -0.2) is 14.5 Å². The molecule has 0 aliphatic carbocycles. The Bertz CT molecular complexity index is 1100. The van der Waals surface area contributed by atoms with E-state index < -0.39 is 5.97 Å². The van der Waals surface area contributed by atoms with Gasteiger partial charge in [-0.1, -0.05) is 6.58 Å². The average Bonchev–Trinajstić information content (AvgIpc) is 3.15. The van der Waals surface area contributed by atoms with Crippen LogP contribution in [0.3, 0.4) is 0 Å². The molecule has 0 unspecified atom stereocenters. The Balaban J connectivity index is 1.84. The maximum atomic E-state index is 12.8. The van der Waals surface area contributed by atoms with Gasteiger partial charge in [-0.3, -0.25) is 0 Å². The quantitative estimate of drug-likeness (QED) is 0.478. The van der Waals surface area contributed by atoms with Crippen LogP contribution in [0.2, 0.25) is 0 Å². The molecule has 0 fully saturated rings. The second-order valence-corrected chi connectivity index (χ2v) is 7.37. The number of fused-ring (bicyclic) bond motifs is 2. The fraction of sp³-hybridized carbons (Fsp3) is 0.318. The number of esters is 1. The molecule has 3 heterocycles. The monoisotopic (exact) mass is 393 g/mol. The lowest BCUT2D eigenvalue weighted by atomic mass is 10.1. The fourth-order valence-electron chi connectivity index (χ4n) is 3.18. The molecule has 1 aliphatic heterocycles. The summed E-state index contributed by atoms with van der Waals surface area (Å²) in [6, 6.07) is 7.47. The van der Waals surface area contributed by atoms with Gasteiger partial charge in [0.05, 0.1) is 22.8 Å². The third-order valence-corrected chi connectivity index (χ3v) is 4.56. The number of nitrogens with zero attached hydrogens (tertiary/aromatic N) is 3. The first-order valence-electron chi connectivity index (χ1n) is 9.54. The van der Waals surface area contributed by atoms with Crippen LogP contribution in [0, 0.1) is 0 Å². The molecule has 4 rings (SSSR count). The summed E-state index contributed by atoms with van der Waals surface area (Å²) < 4.78 is 18.5. The van der Waals surface area contributed by atoms with E-state index in [1.807, 2.05) is 39.0 Å². The number of ether oxygens (including phenoxy) is 3. The van der Waals surface area contributed by atoms with Crippen molar-refractivity contribution in [3.05, 3.63) is 48.2 Å². The lowest BCUT2D eigenvalue weighted by Gasteiger charge is -2.19. The van der Waals surface area contributed by atoms with Gasteiger partial charge in [0, 0.05) is 11.6 Å². The lowest BCUT2D eigenvalue weighted by molar-refractivity contribution is 0.0542. The highest BCUT2D eigenvalue weighted by Gasteiger charge is 2.21. The summed E-state index contributed by atoms with van der Waals surface area (Å²) >= 11 is 0. The van der Waals surface area contributed by atoms with Crippen molar-refractivity contribution in [1.82, 2.24) is 14.8 Å². The van der Waals surface area contributed by atoms with E-state index in [9.17, 15) is 4.79 Å². The molecule has 7 heteroatoms. The van der Waals surface area contributed by atoms with Crippen LogP contribution in [0.5, 0.6) is 11.5 Å². The van der Waals surface area contributed by atoms with E-state index in [1.165, 1.54) is 0 Å². The van der Waals surface area contributed by atoms with Crippen LogP contribution in [0.25, 0.3) is 22.3 Å². The highest BCUT2D eigenvalue weighted by molar-refractivity contribution is 6.03. The summed E-state index contributed by atoms with van der Waals surface area (Å²) in [4.78, 5) is 17.6. The van der Waals surface area contributed by atoms with E-state index in [0.29, 0.717) is 47.0 Å². The van der Waals surface area contributed by atoms with E-state index in [1.54, 1.807) is 16.9 Å². The topological polar surface area (TPSA) is 75.5 Å². The molecular weight excluding hydrogens is 370 g/mol. The third kappa shape index (κ3) is 3.68. The maximum absolute atomic E-state index is 12.8. The van der Waals surface area contributed by atoms with Gasteiger partial charge in [-0.2, -0.15) is 5.10 Å². The molecule has 0 amide bonds.